The first kappa shape index (κ1) is 19.8. The SMILES string of the molecule is Cc1cc(N2C(=O)C(C)(C)N(c3ccc(OC(C)C)cc3)C2=S)ccc1C#N. The summed E-state index contributed by atoms with van der Waals surface area (Å²) in [5, 5.41) is 9.57. The maximum absolute atomic E-state index is 13.2. The molecule has 3 rings (SSSR count). The van der Waals surface area contributed by atoms with E-state index in [0.29, 0.717) is 16.4 Å². The molecule has 6 heteroatoms. The molecule has 1 fully saturated rings. The second-order valence-electron chi connectivity index (χ2n) is 7.59. The minimum absolute atomic E-state index is 0.0897. The Hall–Kier alpha value is -2.91. The lowest BCUT2D eigenvalue weighted by molar-refractivity contribution is -0.120. The first-order valence-corrected chi connectivity index (χ1v) is 9.54. The van der Waals surface area contributed by atoms with Crippen LogP contribution in [0.25, 0.3) is 0 Å². The fourth-order valence-corrected chi connectivity index (χ4v) is 3.84. The summed E-state index contributed by atoms with van der Waals surface area (Å²) in [7, 11) is 0. The van der Waals surface area contributed by atoms with Crippen LogP contribution >= 0.6 is 12.2 Å². The lowest BCUT2D eigenvalue weighted by Gasteiger charge is -2.29. The molecule has 0 aliphatic carbocycles. The van der Waals surface area contributed by atoms with E-state index in [9.17, 15) is 4.79 Å². The quantitative estimate of drug-likeness (QED) is 0.712. The average molecular weight is 394 g/mol. The Kier molecular flexibility index (Phi) is 5.14. The molecule has 1 aliphatic heterocycles. The monoisotopic (exact) mass is 393 g/mol. The fraction of sp³-hybridized carbons (Fsp3) is 0.318. The number of anilines is 2. The molecule has 0 aromatic heterocycles. The smallest absolute Gasteiger partial charge is 0.259 e. The number of aryl methyl sites for hydroxylation is 1. The molecule has 1 aliphatic rings. The zero-order valence-corrected chi connectivity index (χ0v) is 17.5. The van der Waals surface area contributed by atoms with Crippen molar-refractivity contribution in [3.05, 3.63) is 53.6 Å². The number of thiocarbonyl (C=S) groups is 1. The van der Waals surface area contributed by atoms with Gasteiger partial charge in [0.15, 0.2) is 5.11 Å². The number of amides is 1. The minimum atomic E-state index is -0.834. The van der Waals surface area contributed by atoms with Crippen LogP contribution in [0.5, 0.6) is 5.75 Å². The highest BCUT2D eigenvalue weighted by atomic mass is 32.1. The molecule has 5 nitrogen and oxygen atoms in total. The number of nitrogens with zero attached hydrogens (tertiary/aromatic N) is 3. The van der Waals surface area contributed by atoms with E-state index in [1.807, 2.05) is 69.9 Å². The maximum Gasteiger partial charge on any atom is 0.259 e. The fourth-order valence-electron chi connectivity index (χ4n) is 3.31. The molecule has 0 N–H and O–H groups in total. The molecule has 2 aromatic rings. The molecule has 0 atom stereocenters. The average Bonchev–Trinajstić information content (AvgIpc) is 2.80. The van der Waals surface area contributed by atoms with Gasteiger partial charge in [0.1, 0.15) is 11.3 Å². The van der Waals surface area contributed by atoms with Crippen molar-refractivity contribution in [1.29, 1.82) is 5.26 Å². The molecule has 2 aromatic carbocycles. The summed E-state index contributed by atoms with van der Waals surface area (Å²) >= 11 is 5.69. The highest BCUT2D eigenvalue weighted by Gasteiger charge is 2.50. The van der Waals surface area contributed by atoms with Crippen LogP contribution in [0.1, 0.15) is 38.8 Å². The number of rotatable bonds is 4. The van der Waals surface area contributed by atoms with E-state index >= 15 is 0 Å². The standard InChI is InChI=1S/C22H23N3O2S/c1-14(2)27-19-10-8-17(9-11-19)25-21(28)24(20(26)22(25,4)5)18-7-6-16(13-23)15(3)12-18/h6-12,14H,1-5H3. The first-order valence-electron chi connectivity index (χ1n) is 9.13. The molecule has 1 amide bonds. The Balaban J connectivity index is 1.98. The minimum Gasteiger partial charge on any atom is -0.491 e. The number of nitriles is 1. The maximum atomic E-state index is 13.2. The number of ether oxygens (including phenoxy) is 1. The van der Waals surface area contributed by atoms with Gasteiger partial charge in [-0.05, 0) is 94.9 Å². The van der Waals surface area contributed by atoms with E-state index < -0.39 is 5.54 Å². The topological polar surface area (TPSA) is 56.6 Å². The van der Waals surface area contributed by atoms with Crippen LogP contribution in [0.3, 0.4) is 0 Å². The molecule has 0 saturated carbocycles. The molecule has 0 unspecified atom stereocenters. The van der Waals surface area contributed by atoms with Gasteiger partial charge in [-0.25, -0.2) is 0 Å². The van der Waals surface area contributed by atoms with Gasteiger partial charge in [-0.1, -0.05) is 0 Å². The Bertz CT molecular complexity index is 974. The van der Waals surface area contributed by atoms with Crippen LogP contribution in [-0.2, 0) is 4.79 Å². The zero-order valence-electron chi connectivity index (χ0n) is 16.7. The van der Waals surface area contributed by atoms with E-state index in [0.717, 1.165) is 17.0 Å². The summed E-state index contributed by atoms with van der Waals surface area (Å²) < 4.78 is 5.70. The molecular weight excluding hydrogens is 370 g/mol. The van der Waals surface area contributed by atoms with Crippen LogP contribution in [0.2, 0.25) is 0 Å². The van der Waals surface area contributed by atoms with Crippen molar-refractivity contribution in [2.45, 2.75) is 46.3 Å². The number of hydrogen-bond donors (Lipinski definition) is 0. The highest BCUT2D eigenvalue weighted by molar-refractivity contribution is 7.81. The first-order chi connectivity index (χ1) is 13.2. The number of carbonyl (C=O) groups excluding carboxylic acids is 1. The van der Waals surface area contributed by atoms with Gasteiger partial charge in [0.05, 0.1) is 23.4 Å². The number of hydrogen-bond acceptors (Lipinski definition) is 4. The van der Waals surface area contributed by atoms with Crippen molar-refractivity contribution in [1.82, 2.24) is 0 Å². The third kappa shape index (κ3) is 3.34. The predicted octanol–water partition coefficient (Wildman–Crippen LogP) is 4.57. The lowest BCUT2D eigenvalue weighted by Crippen LogP contribution is -2.44. The van der Waals surface area contributed by atoms with Gasteiger partial charge in [0.25, 0.3) is 5.91 Å². The van der Waals surface area contributed by atoms with Gasteiger partial charge in [-0.15, -0.1) is 0 Å². The summed E-state index contributed by atoms with van der Waals surface area (Å²) in [6.45, 7) is 9.51. The normalized spacial score (nSPS) is 15.9. The van der Waals surface area contributed by atoms with Gasteiger partial charge in [0, 0.05) is 5.69 Å². The van der Waals surface area contributed by atoms with Crippen molar-refractivity contribution < 1.29 is 9.53 Å². The molecule has 1 heterocycles. The molecular formula is C22H23N3O2S. The van der Waals surface area contributed by atoms with Crippen LogP contribution in [-0.4, -0.2) is 22.7 Å². The summed E-state index contributed by atoms with van der Waals surface area (Å²) in [4.78, 5) is 16.6. The molecule has 0 radical (unpaired) electrons. The van der Waals surface area contributed by atoms with Crippen LogP contribution in [0.15, 0.2) is 42.5 Å². The number of carbonyl (C=O) groups is 1. The van der Waals surface area contributed by atoms with Gasteiger partial charge >= 0.3 is 0 Å². The third-order valence-corrected chi connectivity index (χ3v) is 5.09. The molecule has 1 saturated heterocycles. The largest absolute Gasteiger partial charge is 0.491 e. The second kappa shape index (κ2) is 7.25. The van der Waals surface area contributed by atoms with Crippen molar-refractivity contribution in [2.24, 2.45) is 0 Å². The van der Waals surface area contributed by atoms with E-state index in [1.54, 1.807) is 17.0 Å². The van der Waals surface area contributed by atoms with E-state index in [1.165, 1.54) is 0 Å². The number of benzene rings is 2. The van der Waals surface area contributed by atoms with Crippen LogP contribution < -0.4 is 14.5 Å². The van der Waals surface area contributed by atoms with E-state index in [2.05, 4.69) is 6.07 Å². The van der Waals surface area contributed by atoms with Crippen LogP contribution in [0.4, 0.5) is 11.4 Å². The summed E-state index contributed by atoms with van der Waals surface area (Å²) in [5.41, 5.74) is 2.05. The Labute approximate surface area is 171 Å². The molecule has 144 valence electrons. The van der Waals surface area contributed by atoms with E-state index in [4.69, 9.17) is 22.2 Å². The molecule has 28 heavy (non-hydrogen) atoms. The van der Waals surface area contributed by atoms with Crippen LogP contribution in [0, 0.1) is 18.3 Å². The van der Waals surface area contributed by atoms with E-state index in [-0.39, 0.29) is 12.0 Å². The van der Waals surface area contributed by atoms with Crippen molar-refractivity contribution in [3.8, 4) is 11.8 Å². The second-order valence-corrected chi connectivity index (χ2v) is 7.95. The Morgan fingerprint density at radius 1 is 1.11 bits per heavy atom. The molecule has 0 bridgehead atoms. The highest BCUT2D eigenvalue weighted by Crippen LogP contribution is 2.37. The Morgan fingerprint density at radius 3 is 2.25 bits per heavy atom. The summed E-state index contributed by atoms with van der Waals surface area (Å²) in [5.74, 6) is 0.664. The third-order valence-electron chi connectivity index (χ3n) is 4.72. The van der Waals surface area contributed by atoms with Gasteiger partial charge < -0.3 is 9.64 Å². The molecule has 0 spiro atoms. The summed E-state index contributed by atoms with van der Waals surface area (Å²) in [6.07, 6.45) is 0.0897. The lowest BCUT2D eigenvalue weighted by atomic mass is 10.0. The zero-order chi connectivity index (χ0) is 20.6. The van der Waals surface area contributed by atoms with Crippen molar-refractivity contribution >= 4 is 34.6 Å². The predicted molar refractivity (Wildman–Crippen MR) is 115 cm³/mol. The summed E-state index contributed by atoms with van der Waals surface area (Å²) in [6, 6.07) is 15.0. The van der Waals surface area contributed by atoms with Crippen molar-refractivity contribution in [3.63, 3.8) is 0 Å². The van der Waals surface area contributed by atoms with Gasteiger partial charge in [-0.3, -0.25) is 9.69 Å². The van der Waals surface area contributed by atoms with Gasteiger partial charge in [-0.2, -0.15) is 5.26 Å². The Morgan fingerprint density at radius 2 is 1.71 bits per heavy atom. The van der Waals surface area contributed by atoms with Gasteiger partial charge in [0.2, 0.25) is 0 Å². The van der Waals surface area contributed by atoms with Crippen molar-refractivity contribution in [2.75, 3.05) is 9.80 Å².